The van der Waals surface area contributed by atoms with Gasteiger partial charge in [-0.1, -0.05) is 48.0 Å². The number of carbonyl (C=O) groups is 1. The lowest BCUT2D eigenvalue weighted by Crippen LogP contribution is -2.51. The molecule has 0 aromatic heterocycles. The molecule has 2 aliphatic rings. The summed E-state index contributed by atoms with van der Waals surface area (Å²) in [5, 5.41) is 1.61. The summed E-state index contributed by atoms with van der Waals surface area (Å²) in [5.74, 6) is -0.562. The normalized spacial score (nSPS) is 30.8. The molecule has 2 aliphatic heterocycles. The number of benzene rings is 2. The number of hydroxylamine groups is 2. The van der Waals surface area contributed by atoms with Crippen LogP contribution in [0, 0.1) is 6.92 Å². The predicted molar refractivity (Wildman–Crippen MR) is 104 cm³/mol. The van der Waals surface area contributed by atoms with E-state index in [4.69, 9.17) is 14.3 Å². The zero-order valence-corrected chi connectivity index (χ0v) is 16.8. The fourth-order valence-corrected chi connectivity index (χ4v) is 5.83. The van der Waals surface area contributed by atoms with Crippen LogP contribution < -0.4 is 0 Å². The van der Waals surface area contributed by atoms with E-state index in [2.05, 4.69) is 0 Å². The molecule has 148 valence electrons. The van der Waals surface area contributed by atoms with Crippen LogP contribution in [0.25, 0.3) is 0 Å². The summed E-state index contributed by atoms with van der Waals surface area (Å²) in [7, 11) is 0.0303. The van der Waals surface area contributed by atoms with Gasteiger partial charge in [0.05, 0.1) is 16.8 Å². The number of nitrogens with zero attached hydrogens (tertiary/aromatic N) is 1. The van der Waals surface area contributed by atoms with Crippen molar-refractivity contribution in [3.8, 4) is 0 Å². The highest BCUT2D eigenvalue weighted by Gasteiger charge is 2.73. The van der Waals surface area contributed by atoms with Gasteiger partial charge in [0.25, 0.3) is 0 Å². The first-order valence-corrected chi connectivity index (χ1v) is 10.4. The van der Waals surface area contributed by atoms with Gasteiger partial charge in [-0.05, 0) is 31.5 Å². The molecule has 2 aromatic rings. The summed E-state index contributed by atoms with van der Waals surface area (Å²) in [6, 6.07) is 16.3. The van der Waals surface area contributed by atoms with E-state index in [1.807, 2.05) is 56.3 Å². The Morgan fingerprint density at radius 1 is 1.14 bits per heavy atom. The summed E-state index contributed by atoms with van der Waals surface area (Å²) < 4.78 is 23.6. The molecule has 0 amide bonds. The van der Waals surface area contributed by atoms with E-state index in [9.17, 15) is 9.00 Å². The van der Waals surface area contributed by atoms with Crippen LogP contribution in [0.3, 0.4) is 0 Å². The third kappa shape index (κ3) is 2.81. The third-order valence-electron chi connectivity index (χ3n) is 5.25. The quantitative estimate of drug-likeness (QED) is 0.718. The molecule has 7 heteroatoms. The molecule has 4 rings (SSSR count). The molecule has 5 atom stereocenters. The van der Waals surface area contributed by atoms with Gasteiger partial charge < -0.3 is 9.47 Å². The molecule has 1 unspecified atom stereocenters. The van der Waals surface area contributed by atoms with Crippen LogP contribution in [0.1, 0.15) is 24.1 Å². The Labute approximate surface area is 166 Å². The minimum absolute atomic E-state index is 0.352. The minimum atomic E-state index is -1.72. The fraction of sp³-hybridized carbons (Fsp3) is 0.381. The molecule has 0 spiro atoms. The smallest absolute Gasteiger partial charge is 0.332 e. The molecule has 0 aliphatic carbocycles. The zero-order chi connectivity index (χ0) is 19.9. The molecule has 2 aromatic carbocycles. The lowest BCUT2D eigenvalue weighted by Gasteiger charge is -2.30. The number of carbonyl (C=O) groups excluding carboxylic acids is 1. The number of ether oxygens (including phenoxy) is 2. The molecule has 0 N–H and O–H groups in total. The van der Waals surface area contributed by atoms with E-state index in [-0.39, 0.29) is 0 Å². The van der Waals surface area contributed by atoms with E-state index in [1.165, 1.54) is 0 Å². The molecular formula is C21H23NO5S. The largest absolute Gasteiger partial charge is 0.431 e. The number of esters is 1. The van der Waals surface area contributed by atoms with E-state index in [1.54, 1.807) is 24.2 Å². The SMILES string of the molecule is CCO[C@H]1OC(=O)[C@@]2(S(=O)c3ccc(C)cc3)[C@@H]1ON(C)[C@H]2c1ccccc1. The van der Waals surface area contributed by atoms with Crippen molar-refractivity contribution in [2.24, 2.45) is 0 Å². The summed E-state index contributed by atoms with van der Waals surface area (Å²) in [6.45, 7) is 4.13. The van der Waals surface area contributed by atoms with E-state index < -0.39 is 40.0 Å². The second-order valence-corrected chi connectivity index (χ2v) is 8.67. The van der Waals surface area contributed by atoms with Gasteiger partial charge >= 0.3 is 5.97 Å². The number of hydrogen-bond acceptors (Lipinski definition) is 6. The van der Waals surface area contributed by atoms with Crippen molar-refractivity contribution in [1.82, 2.24) is 5.06 Å². The van der Waals surface area contributed by atoms with Crippen LogP contribution in [-0.2, 0) is 29.9 Å². The summed E-state index contributed by atoms with van der Waals surface area (Å²) in [6.07, 6.45) is -1.71. The second-order valence-electron chi connectivity index (χ2n) is 6.99. The Balaban J connectivity index is 1.88. The molecule has 28 heavy (non-hydrogen) atoms. The van der Waals surface area contributed by atoms with Crippen LogP contribution in [0.5, 0.6) is 0 Å². The molecule has 2 saturated heterocycles. The van der Waals surface area contributed by atoms with Gasteiger partial charge in [0.1, 0.15) is 0 Å². The first-order valence-electron chi connectivity index (χ1n) is 9.26. The van der Waals surface area contributed by atoms with Crippen molar-refractivity contribution in [3.63, 3.8) is 0 Å². The van der Waals surface area contributed by atoms with Crippen LogP contribution in [0.15, 0.2) is 59.5 Å². The number of cyclic esters (lactones) is 1. The van der Waals surface area contributed by atoms with Gasteiger partial charge in [0.2, 0.25) is 11.0 Å². The summed E-state index contributed by atoms with van der Waals surface area (Å²) in [5.41, 5.74) is 1.89. The maximum absolute atomic E-state index is 13.9. The molecule has 2 fully saturated rings. The molecule has 0 saturated carbocycles. The van der Waals surface area contributed by atoms with Gasteiger partial charge in [-0.3, -0.25) is 13.8 Å². The van der Waals surface area contributed by atoms with Gasteiger partial charge in [-0.25, -0.2) is 0 Å². The number of aryl methyl sites for hydroxylation is 1. The lowest BCUT2D eigenvalue weighted by molar-refractivity contribution is -0.225. The Hall–Kier alpha value is -2.06. The van der Waals surface area contributed by atoms with Gasteiger partial charge in [0.15, 0.2) is 6.10 Å². The lowest BCUT2D eigenvalue weighted by atomic mass is 9.90. The topological polar surface area (TPSA) is 65.1 Å². The predicted octanol–water partition coefficient (Wildman–Crippen LogP) is 2.75. The highest BCUT2D eigenvalue weighted by atomic mass is 32.2. The van der Waals surface area contributed by atoms with Gasteiger partial charge in [0, 0.05) is 18.6 Å². The average Bonchev–Trinajstić information content (AvgIpc) is 3.15. The zero-order valence-electron chi connectivity index (χ0n) is 16.0. The number of hydrogen-bond donors (Lipinski definition) is 0. The van der Waals surface area contributed by atoms with E-state index in [0.29, 0.717) is 11.5 Å². The second kappa shape index (κ2) is 7.40. The highest BCUT2D eigenvalue weighted by Crippen LogP contribution is 2.53. The van der Waals surface area contributed by atoms with Crippen molar-refractivity contribution in [1.29, 1.82) is 0 Å². The van der Waals surface area contributed by atoms with Crippen molar-refractivity contribution in [3.05, 3.63) is 65.7 Å². The van der Waals surface area contributed by atoms with Gasteiger partial charge in [-0.15, -0.1) is 0 Å². The summed E-state index contributed by atoms with van der Waals surface area (Å²) >= 11 is 0. The molecule has 0 radical (unpaired) electrons. The number of rotatable bonds is 5. The standard InChI is InChI=1S/C21H23NO5S/c1-4-25-19-18-21(20(23)26-19,28(24)16-12-10-14(2)11-13-16)17(22(3)27-18)15-8-6-5-7-9-15/h5-13,17-19H,4H2,1-3H3/t17-,18+,19-,21-,28?/m0/s1. The first kappa shape index (κ1) is 19.3. The molecule has 6 nitrogen and oxygen atoms in total. The first-order chi connectivity index (χ1) is 13.5. The van der Waals surface area contributed by atoms with Gasteiger partial charge in [-0.2, -0.15) is 5.06 Å². The van der Waals surface area contributed by atoms with Crippen LogP contribution in [0.4, 0.5) is 0 Å². The maximum Gasteiger partial charge on any atom is 0.332 e. The Kier molecular flexibility index (Phi) is 5.09. The van der Waals surface area contributed by atoms with E-state index >= 15 is 0 Å². The maximum atomic E-state index is 13.9. The fourth-order valence-electron chi connectivity index (χ4n) is 4.00. The van der Waals surface area contributed by atoms with Crippen molar-refractivity contribution < 1.29 is 23.3 Å². The molecular weight excluding hydrogens is 378 g/mol. The summed E-state index contributed by atoms with van der Waals surface area (Å²) in [4.78, 5) is 19.9. The Morgan fingerprint density at radius 2 is 1.82 bits per heavy atom. The highest BCUT2D eigenvalue weighted by molar-refractivity contribution is 7.87. The van der Waals surface area contributed by atoms with Crippen molar-refractivity contribution in [2.45, 2.75) is 41.9 Å². The van der Waals surface area contributed by atoms with Crippen LogP contribution in [0.2, 0.25) is 0 Å². The minimum Gasteiger partial charge on any atom is -0.431 e. The van der Waals surface area contributed by atoms with Crippen molar-refractivity contribution >= 4 is 16.8 Å². The Morgan fingerprint density at radius 3 is 2.46 bits per heavy atom. The molecule has 0 bridgehead atoms. The Bertz CT molecular complexity index is 887. The van der Waals surface area contributed by atoms with E-state index in [0.717, 1.165) is 11.1 Å². The van der Waals surface area contributed by atoms with Crippen LogP contribution in [-0.4, -0.2) is 46.0 Å². The molecule has 2 heterocycles. The van der Waals surface area contributed by atoms with Crippen molar-refractivity contribution in [2.75, 3.05) is 13.7 Å². The average molecular weight is 401 g/mol. The van der Waals surface area contributed by atoms with Crippen LogP contribution >= 0.6 is 0 Å². The number of fused-ring (bicyclic) bond motifs is 1. The monoisotopic (exact) mass is 401 g/mol. The third-order valence-corrected chi connectivity index (χ3v) is 7.19.